The van der Waals surface area contributed by atoms with Gasteiger partial charge in [-0.05, 0) is 19.8 Å². The fourth-order valence-corrected chi connectivity index (χ4v) is 1.04. The molecule has 0 heterocycles. The van der Waals surface area contributed by atoms with Crippen LogP contribution in [0.25, 0.3) is 0 Å². The third-order valence-electron chi connectivity index (χ3n) is 2.05. The lowest BCUT2D eigenvalue weighted by Crippen LogP contribution is -2.06. The summed E-state index contributed by atoms with van der Waals surface area (Å²) in [5.74, 6) is -2.53. The molecule has 6 heteroatoms. The average molecular weight is 256 g/mol. The van der Waals surface area contributed by atoms with Crippen molar-refractivity contribution in [3.8, 4) is 0 Å². The molecule has 0 aliphatic heterocycles. The number of methoxy groups -OCH3 is 1. The summed E-state index contributed by atoms with van der Waals surface area (Å²) in [6, 6.07) is 0. The van der Waals surface area contributed by atoms with Crippen molar-refractivity contribution in [3.05, 3.63) is 23.3 Å². The summed E-state index contributed by atoms with van der Waals surface area (Å²) in [5.41, 5.74) is 1.28. The van der Waals surface area contributed by atoms with Crippen LogP contribution in [0.2, 0.25) is 0 Å². The number of carboxylic acids is 2. The van der Waals surface area contributed by atoms with Gasteiger partial charge in [-0.15, -0.1) is 0 Å². The summed E-state index contributed by atoms with van der Waals surface area (Å²) in [6.07, 6.45) is 1.13. The van der Waals surface area contributed by atoms with Crippen molar-refractivity contribution in [3.63, 3.8) is 0 Å². The van der Waals surface area contributed by atoms with Gasteiger partial charge in [0, 0.05) is 11.1 Å². The number of ether oxygens (including phenoxy) is 1. The largest absolute Gasteiger partial charge is 0.481 e. The average Bonchev–Trinajstić information content (AvgIpc) is 3.08. The number of carbonyl (C=O) groups is 3. The van der Waals surface area contributed by atoms with Gasteiger partial charge in [0.25, 0.3) is 0 Å². The highest BCUT2D eigenvalue weighted by molar-refractivity contribution is 5.93. The van der Waals surface area contributed by atoms with Crippen LogP contribution >= 0.6 is 0 Å². The Kier molecular flexibility index (Phi) is 6.41. The number of esters is 1. The minimum absolute atomic E-state index is 0.0671. The predicted octanol–water partition coefficient (Wildman–Crippen LogP) is 1.37. The minimum Gasteiger partial charge on any atom is -0.481 e. The van der Waals surface area contributed by atoms with Crippen LogP contribution in [0.15, 0.2) is 23.3 Å². The Balaban J connectivity index is 0.000000360. The molecule has 1 aliphatic rings. The topological polar surface area (TPSA) is 101 Å². The first-order valence-corrected chi connectivity index (χ1v) is 5.19. The molecule has 0 amide bonds. The first-order chi connectivity index (χ1) is 8.29. The molecule has 0 aromatic carbocycles. The van der Waals surface area contributed by atoms with Crippen LogP contribution in [0.1, 0.15) is 26.2 Å². The summed E-state index contributed by atoms with van der Waals surface area (Å²) >= 11 is 0. The quantitative estimate of drug-likeness (QED) is 0.582. The predicted molar refractivity (Wildman–Crippen MR) is 63.0 cm³/mol. The van der Waals surface area contributed by atoms with Crippen LogP contribution in [-0.4, -0.2) is 35.2 Å². The second-order valence-electron chi connectivity index (χ2n) is 3.73. The summed E-state index contributed by atoms with van der Waals surface area (Å²) in [5, 5.41) is 16.8. The summed E-state index contributed by atoms with van der Waals surface area (Å²) < 4.78 is 4.27. The Morgan fingerprint density at radius 1 is 1.28 bits per heavy atom. The van der Waals surface area contributed by atoms with E-state index < -0.39 is 11.9 Å². The molecule has 1 fully saturated rings. The third kappa shape index (κ3) is 6.47. The molecule has 0 aromatic rings. The number of rotatable bonds is 4. The van der Waals surface area contributed by atoms with Gasteiger partial charge < -0.3 is 14.9 Å². The Bertz CT molecular complexity index is 399. The maximum Gasteiger partial charge on any atom is 0.332 e. The Hall–Kier alpha value is -2.11. The van der Waals surface area contributed by atoms with Crippen molar-refractivity contribution in [1.29, 1.82) is 0 Å². The van der Waals surface area contributed by atoms with Crippen LogP contribution < -0.4 is 0 Å². The van der Waals surface area contributed by atoms with E-state index in [1.54, 1.807) is 6.92 Å². The molecule has 0 aromatic heterocycles. The van der Waals surface area contributed by atoms with Crippen molar-refractivity contribution in [2.75, 3.05) is 7.11 Å². The molecule has 0 spiro atoms. The number of aliphatic carboxylic acids is 2. The number of carboxylic acid groups (broad SMARTS) is 2. The van der Waals surface area contributed by atoms with Crippen molar-refractivity contribution < 1.29 is 29.3 Å². The van der Waals surface area contributed by atoms with E-state index in [2.05, 4.69) is 11.3 Å². The molecule has 0 unspecified atom stereocenters. The number of carbonyl (C=O) groups excluding carboxylic acids is 1. The highest BCUT2D eigenvalue weighted by Crippen LogP contribution is 2.32. The van der Waals surface area contributed by atoms with E-state index in [0.29, 0.717) is 5.57 Å². The lowest BCUT2D eigenvalue weighted by Gasteiger charge is -1.94. The number of allylic oxidation sites excluding steroid dienone is 1. The second kappa shape index (κ2) is 7.26. The molecule has 18 heavy (non-hydrogen) atoms. The zero-order valence-electron chi connectivity index (χ0n) is 10.4. The maximum absolute atomic E-state index is 10.4. The van der Waals surface area contributed by atoms with Crippen LogP contribution in [0.4, 0.5) is 0 Å². The van der Waals surface area contributed by atoms with Crippen molar-refractivity contribution >= 4 is 17.9 Å². The first kappa shape index (κ1) is 15.9. The van der Waals surface area contributed by atoms with Crippen molar-refractivity contribution in [1.82, 2.24) is 0 Å². The van der Waals surface area contributed by atoms with Gasteiger partial charge in [0.15, 0.2) is 0 Å². The van der Waals surface area contributed by atoms with Gasteiger partial charge in [-0.1, -0.05) is 12.2 Å². The van der Waals surface area contributed by atoms with Gasteiger partial charge in [0.2, 0.25) is 0 Å². The monoisotopic (exact) mass is 256 g/mol. The second-order valence-corrected chi connectivity index (χ2v) is 3.73. The minimum atomic E-state index is -1.10. The smallest absolute Gasteiger partial charge is 0.332 e. The van der Waals surface area contributed by atoms with Crippen LogP contribution in [0.5, 0.6) is 0 Å². The molecular formula is C12H16O6. The molecule has 100 valence electrons. The van der Waals surface area contributed by atoms with E-state index in [1.165, 1.54) is 7.11 Å². The number of hydrogen-bond acceptors (Lipinski definition) is 4. The molecular weight excluding hydrogens is 240 g/mol. The molecule has 0 saturated heterocycles. The van der Waals surface area contributed by atoms with Gasteiger partial charge in [-0.2, -0.15) is 0 Å². The zero-order valence-corrected chi connectivity index (χ0v) is 10.4. The summed E-state index contributed by atoms with van der Waals surface area (Å²) in [4.78, 5) is 30.7. The van der Waals surface area contributed by atoms with Gasteiger partial charge in [0.1, 0.15) is 0 Å². The fraction of sp³-hybridized carbons (Fsp3) is 0.417. The first-order valence-electron chi connectivity index (χ1n) is 5.19. The van der Waals surface area contributed by atoms with E-state index in [0.717, 1.165) is 18.4 Å². The molecule has 0 bridgehead atoms. The van der Waals surface area contributed by atoms with Crippen LogP contribution in [0, 0.1) is 0 Å². The summed E-state index contributed by atoms with van der Waals surface area (Å²) in [6.45, 7) is 4.95. The molecule has 6 nitrogen and oxygen atoms in total. The van der Waals surface area contributed by atoms with E-state index in [1.807, 2.05) is 0 Å². The van der Waals surface area contributed by atoms with E-state index >= 15 is 0 Å². The molecule has 2 N–H and O–H groups in total. The molecule has 1 rings (SSSR count). The van der Waals surface area contributed by atoms with Gasteiger partial charge in [0.05, 0.1) is 13.5 Å². The molecule has 0 radical (unpaired) electrons. The Morgan fingerprint density at radius 3 is 1.94 bits per heavy atom. The van der Waals surface area contributed by atoms with Crippen LogP contribution in [0.3, 0.4) is 0 Å². The van der Waals surface area contributed by atoms with Crippen molar-refractivity contribution in [2.24, 2.45) is 0 Å². The van der Waals surface area contributed by atoms with Gasteiger partial charge >= 0.3 is 17.9 Å². The van der Waals surface area contributed by atoms with Gasteiger partial charge in [-0.3, -0.25) is 4.79 Å². The van der Waals surface area contributed by atoms with E-state index in [-0.39, 0.29) is 18.0 Å². The third-order valence-corrected chi connectivity index (χ3v) is 2.05. The highest BCUT2D eigenvalue weighted by Gasteiger charge is 2.23. The van der Waals surface area contributed by atoms with E-state index in [9.17, 15) is 14.4 Å². The summed E-state index contributed by atoms with van der Waals surface area (Å²) in [7, 11) is 1.33. The SMILES string of the molecule is C=C(C)C(=O)OC.O=C(O)CC(C(=O)O)=C1CC1. The number of hydrogen-bond donors (Lipinski definition) is 2. The lowest BCUT2D eigenvalue weighted by molar-refractivity contribution is -0.139. The normalized spacial score (nSPS) is 11.8. The van der Waals surface area contributed by atoms with Crippen molar-refractivity contribution in [2.45, 2.75) is 26.2 Å². The molecule has 1 aliphatic carbocycles. The Labute approximate surface area is 105 Å². The fourth-order valence-electron chi connectivity index (χ4n) is 1.04. The molecule has 1 saturated carbocycles. The van der Waals surface area contributed by atoms with E-state index in [4.69, 9.17) is 10.2 Å². The van der Waals surface area contributed by atoms with Crippen LogP contribution in [-0.2, 0) is 19.1 Å². The Morgan fingerprint density at radius 2 is 1.78 bits per heavy atom. The highest BCUT2D eigenvalue weighted by atomic mass is 16.5. The molecule has 0 atom stereocenters. The zero-order chi connectivity index (χ0) is 14.3. The lowest BCUT2D eigenvalue weighted by atomic mass is 10.2. The standard InChI is InChI=1S/C7H8O4.C5H8O2/c8-6(9)3-5(7(10)11)4-1-2-4;1-4(2)5(6)7-3/h1-3H2,(H,8,9)(H,10,11);1H2,2-3H3. The van der Waals surface area contributed by atoms with Gasteiger partial charge in [-0.25, -0.2) is 9.59 Å². The maximum atomic E-state index is 10.4.